The molecule has 0 radical (unpaired) electrons. The van der Waals surface area contributed by atoms with E-state index in [2.05, 4.69) is 45.3 Å². The number of nitrogens with one attached hydrogen (secondary N) is 1. The highest BCUT2D eigenvalue weighted by atomic mass is 16.5. The fraction of sp³-hybridized carbons (Fsp3) is 0.375. The highest BCUT2D eigenvalue weighted by molar-refractivity contribution is 5.86. The van der Waals surface area contributed by atoms with E-state index in [0.29, 0.717) is 12.4 Å². The number of ether oxygens (including phenoxy) is 1. The summed E-state index contributed by atoms with van der Waals surface area (Å²) >= 11 is 0. The molecular weight excluding hydrogens is 292 g/mol. The first-order valence-electron chi connectivity index (χ1n) is 7.45. The Bertz CT molecular complexity index is 829. The Labute approximate surface area is 134 Å². The zero-order valence-electron chi connectivity index (χ0n) is 13.7. The monoisotopic (exact) mass is 312 g/mol. The molecular formula is C16H20N6O. The number of anilines is 1. The Morgan fingerprint density at radius 1 is 1.35 bits per heavy atom. The summed E-state index contributed by atoms with van der Waals surface area (Å²) in [6.45, 7) is 4.47. The van der Waals surface area contributed by atoms with Crippen LogP contribution in [0.3, 0.4) is 0 Å². The molecule has 120 valence electrons. The summed E-state index contributed by atoms with van der Waals surface area (Å²) in [5, 5.41) is 8.59. The fourth-order valence-corrected chi connectivity index (χ4v) is 2.60. The maximum Gasteiger partial charge on any atom is 0.163 e. The van der Waals surface area contributed by atoms with Crippen LogP contribution < -0.4 is 5.32 Å². The van der Waals surface area contributed by atoms with Crippen LogP contribution in [-0.4, -0.2) is 31.8 Å². The molecule has 1 N–H and O–H groups in total. The van der Waals surface area contributed by atoms with E-state index in [0.717, 1.165) is 28.1 Å². The van der Waals surface area contributed by atoms with E-state index in [9.17, 15) is 0 Å². The van der Waals surface area contributed by atoms with Crippen LogP contribution in [-0.2, 0) is 18.4 Å². The Morgan fingerprint density at radius 3 is 2.91 bits per heavy atom. The predicted molar refractivity (Wildman–Crippen MR) is 88.0 cm³/mol. The van der Waals surface area contributed by atoms with E-state index >= 15 is 0 Å². The third-order valence-corrected chi connectivity index (χ3v) is 3.73. The Kier molecular flexibility index (Phi) is 4.20. The maximum atomic E-state index is 5.16. The third kappa shape index (κ3) is 3.00. The maximum absolute atomic E-state index is 5.16. The second-order valence-corrected chi connectivity index (χ2v) is 5.50. The van der Waals surface area contributed by atoms with E-state index in [1.807, 2.05) is 13.1 Å². The van der Waals surface area contributed by atoms with Crippen molar-refractivity contribution in [1.82, 2.24) is 24.7 Å². The van der Waals surface area contributed by atoms with Crippen molar-refractivity contribution in [1.29, 1.82) is 0 Å². The van der Waals surface area contributed by atoms with Gasteiger partial charge in [-0.2, -0.15) is 5.10 Å². The first kappa shape index (κ1) is 15.4. The molecule has 0 spiro atoms. The smallest absolute Gasteiger partial charge is 0.163 e. The minimum atomic E-state index is 0.0184. The molecule has 0 fully saturated rings. The highest BCUT2D eigenvalue weighted by Crippen LogP contribution is 2.25. The SMILES string of the molecule is COCc1nc(N[C@@H](C)c2ncccc2C)c2cnn(C)c2n1. The number of rotatable bonds is 5. The van der Waals surface area contributed by atoms with Crippen LogP contribution in [0.15, 0.2) is 24.5 Å². The summed E-state index contributed by atoms with van der Waals surface area (Å²) in [4.78, 5) is 13.5. The van der Waals surface area contributed by atoms with Gasteiger partial charge in [0.15, 0.2) is 11.5 Å². The molecule has 3 aromatic heterocycles. The lowest BCUT2D eigenvalue weighted by Crippen LogP contribution is -2.13. The van der Waals surface area contributed by atoms with Gasteiger partial charge in [-0.25, -0.2) is 9.97 Å². The van der Waals surface area contributed by atoms with Crippen LogP contribution in [0.4, 0.5) is 5.82 Å². The molecule has 3 aromatic rings. The fourth-order valence-electron chi connectivity index (χ4n) is 2.60. The first-order valence-corrected chi connectivity index (χ1v) is 7.45. The molecule has 0 bridgehead atoms. The summed E-state index contributed by atoms with van der Waals surface area (Å²) in [5.74, 6) is 1.36. The molecule has 0 aliphatic carbocycles. The molecule has 0 aliphatic rings. The first-order chi connectivity index (χ1) is 11.1. The lowest BCUT2D eigenvalue weighted by Gasteiger charge is -2.17. The van der Waals surface area contributed by atoms with E-state index in [4.69, 9.17) is 4.74 Å². The molecule has 0 aromatic carbocycles. The molecule has 1 atom stereocenters. The zero-order chi connectivity index (χ0) is 16.4. The average molecular weight is 312 g/mol. The number of methoxy groups -OCH3 is 1. The van der Waals surface area contributed by atoms with E-state index in [1.165, 1.54) is 0 Å². The zero-order valence-corrected chi connectivity index (χ0v) is 13.7. The van der Waals surface area contributed by atoms with Crippen LogP contribution in [0.25, 0.3) is 11.0 Å². The minimum absolute atomic E-state index is 0.0184. The molecule has 0 saturated heterocycles. The van der Waals surface area contributed by atoms with Crippen LogP contribution in [0.1, 0.15) is 30.0 Å². The molecule has 23 heavy (non-hydrogen) atoms. The van der Waals surface area contributed by atoms with Crippen LogP contribution in [0.5, 0.6) is 0 Å². The van der Waals surface area contributed by atoms with Gasteiger partial charge in [0.2, 0.25) is 0 Å². The lowest BCUT2D eigenvalue weighted by atomic mass is 10.1. The Balaban J connectivity index is 2.00. The van der Waals surface area contributed by atoms with Gasteiger partial charge in [-0.05, 0) is 25.5 Å². The van der Waals surface area contributed by atoms with Gasteiger partial charge < -0.3 is 10.1 Å². The number of fused-ring (bicyclic) bond motifs is 1. The van der Waals surface area contributed by atoms with E-state index < -0.39 is 0 Å². The van der Waals surface area contributed by atoms with Crippen LogP contribution in [0, 0.1) is 6.92 Å². The van der Waals surface area contributed by atoms with Gasteiger partial charge in [-0.15, -0.1) is 0 Å². The number of nitrogens with zero attached hydrogens (tertiary/aromatic N) is 5. The number of hydrogen-bond acceptors (Lipinski definition) is 6. The van der Waals surface area contributed by atoms with Crippen molar-refractivity contribution >= 4 is 16.9 Å². The van der Waals surface area contributed by atoms with Gasteiger partial charge in [-0.3, -0.25) is 9.67 Å². The van der Waals surface area contributed by atoms with Gasteiger partial charge in [0, 0.05) is 20.4 Å². The van der Waals surface area contributed by atoms with Crippen molar-refractivity contribution < 1.29 is 4.74 Å². The molecule has 0 aliphatic heterocycles. The summed E-state index contributed by atoms with van der Waals surface area (Å²) in [7, 11) is 3.49. The normalized spacial score (nSPS) is 12.5. The van der Waals surface area contributed by atoms with E-state index in [1.54, 1.807) is 24.2 Å². The van der Waals surface area contributed by atoms with Gasteiger partial charge in [0.05, 0.1) is 23.3 Å². The second kappa shape index (κ2) is 6.29. The Morgan fingerprint density at radius 2 is 2.17 bits per heavy atom. The molecule has 0 amide bonds. The molecule has 0 saturated carbocycles. The van der Waals surface area contributed by atoms with Gasteiger partial charge >= 0.3 is 0 Å². The van der Waals surface area contributed by atoms with Crippen LogP contribution in [0.2, 0.25) is 0 Å². The number of aromatic nitrogens is 5. The molecule has 7 heteroatoms. The van der Waals surface area contributed by atoms with Crippen molar-refractivity contribution in [2.24, 2.45) is 7.05 Å². The lowest BCUT2D eigenvalue weighted by molar-refractivity contribution is 0.178. The second-order valence-electron chi connectivity index (χ2n) is 5.50. The van der Waals surface area contributed by atoms with Crippen molar-refractivity contribution in [3.8, 4) is 0 Å². The summed E-state index contributed by atoms with van der Waals surface area (Å²) in [6, 6.07) is 4.01. The van der Waals surface area contributed by atoms with E-state index in [-0.39, 0.29) is 6.04 Å². The van der Waals surface area contributed by atoms with Crippen molar-refractivity contribution in [3.63, 3.8) is 0 Å². The van der Waals surface area contributed by atoms with Crippen LogP contribution >= 0.6 is 0 Å². The molecule has 3 rings (SSSR count). The Hall–Kier alpha value is -2.54. The average Bonchev–Trinajstić information content (AvgIpc) is 2.90. The van der Waals surface area contributed by atoms with Crippen molar-refractivity contribution in [2.75, 3.05) is 12.4 Å². The van der Waals surface area contributed by atoms with Crippen molar-refractivity contribution in [3.05, 3.63) is 41.6 Å². The highest BCUT2D eigenvalue weighted by Gasteiger charge is 2.15. The topological polar surface area (TPSA) is 77.8 Å². The number of aryl methyl sites for hydroxylation is 2. The standard InChI is InChI=1S/C16H20N6O/c1-10-6-5-7-17-14(10)11(2)19-15-12-8-18-22(3)16(12)21-13(20-15)9-23-4/h5-8,11H,9H2,1-4H3,(H,19,20,21)/t11-/m0/s1. The van der Waals surface area contributed by atoms with Gasteiger partial charge in [0.25, 0.3) is 0 Å². The summed E-state index contributed by atoms with van der Waals surface area (Å²) < 4.78 is 6.90. The third-order valence-electron chi connectivity index (χ3n) is 3.73. The molecule has 3 heterocycles. The predicted octanol–water partition coefficient (Wildman–Crippen LogP) is 2.39. The van der Waals surface area contributed by atoms with Gasteiger partial charge in [0.1, 0.15) is 12.4 Å². The minimum Gasteiger partial charge on any atom is -0.377 e. The quantitative estimate of drug-likeness (QED) is 0.779. The largest absolute Gasteiger partial charge is 0.377 e. The number of pyridine rings is 1. The summed E-state index contributed by atoms with van der Waals surface area (Å²) in [6.07, 6.45) is 3.57. The van der Waals surface area contributed by atoms with Crippen molar-refractivity contribution in [2.45, 2.75) is 26.5 Å². The molecule has 7 nitrogen and oxygen atoms in total. The molecule has 0 unspecified atom stereocenters. The number of hydrogen-bond donors (Lipinski definition) is 1. The summed E-state index contributed by atoms with van der Waals surface area (Å²) in [5.41, 5.74) is 2.91. The van der Waals surface area contributed by atoms with Gasteiger partial charge in [-0.1, -0.05) is 6.07 Å².